The molecule has 1 amide bonds. The zero-order valence-corrected chi connectivity index (χ0v) is 17.6. The van der Waals surface area contributed by atoms with E-state index in [0.717, 1.165) is 23.2 Å². The van der Waals surface area contributed by atoms with Crippen molar-refractivity contribution >= 4 is 64.1 Å². The molecular formula is C21H13Cl3N4O2. The van der Waals surface area contributed by atoms with Gasteiger partial charge in [-0.25, -0.2) is 4.98 Å². The summed E-state index contributed by atoms with van der Waals surface area (Å²) in [4.78, 5) is 22.9. The number of anilines is 3. The van der Waals surface area contributed by atoms with Gasteiger partial charge in [0.25, 0.3) is 5.91 Å². The van der Waals surface area contributed by atoms with Crippen LogP contribution in [0.15, 0.2) is 42.6 Å². The number of halogens is 3. The normalized spacial score (nSPS) is 14.4. The van der Waals surface area contributed by atoms with Crippen LogP contribution >= 0.6 is 34.8 Å². The number of nitrogens with one attached hydrogen (secondary N) is 1. The van der Waals surface area contributed by atoms with Gasteiger partial charge in [0.1, 0.15) is 5.56 Å². The summed E-state index contributed by atoms with van der Waals surface area (Å²) in [6.45, 7) is -0.0682. The molecule has 1 aliphatic carbocycles. The average molecular weight is 460 g/mol. The minimum atomic E-state index is -0.344. The first-order valence-electron chi connectivity index (χ1n) is 9.03. The summed E-state index contributed by atoms with van der Waals surface area (Å²) in [5.41, 5.74) is 3.51. The Labute approximate surface area is 187 Å². The predicted octanol–water partition coefficient (Wildman–Crippen LogP) is 5.75. The van der Waals surface area contributed by atoms with Gasteiger partial charge in [-0.15, -0.1) is 0 Å². The van der Waals surface area contributed by atoms with Gasteiger partial charge in [-0.2, -0.15) is 4.98 Å². The maximum Gasteiger partial charge on any atom is 0.268 e. The number of rotatable bonds is 3. The van der Waals surface area contributed by atoms with Crippen molar-refractivity contribution in [2.75, 3.05) is 16.9 Å². The van der Waals surface area contributed by atoms with Crippen LogP contribution in [0.2, 0.25) is 15.1 Å². The number of allylic oxidation sites excluding steroid dienone is 1. The Hall–Kier alpha value is -2.80. The lowest BCUT2D eigenvalue weighted by atomic mass is 10.1. The van der Waals surface area contributed by atoms with Gasteiger partial charge in [-0.05, 0) is 41.8 Å². The number of aromatic nitrogens is 2. The molecule has 0 fully saturated rings. The molecule has 9 heteroatoms. The topological polar surface area (TPSA) is 67.3 Å². The first-order valence-corrected chi connectivity index (χ1v) is 10.2. The summed E-state index contributed by atoms with van der Waals surface area (Å²) in [7, 11) is 0. The molecule has 1 aromatic heterocycles. The van der Waals surface area contributed by atoms with E-state index < -0.39 is 0 Å². The van der Waals surface area contributed by atoms with E-state index in [1.807, 2.05) is 18.2 Å². The van der Waals surface area contributed by atoms with Crippen LogP contribution < -0.4 is 15.0 Å². The van der Waals surface area contributed by atoms with Gasteiger partial charge in [0.2, 0.25) is 11.8 Å². The Kier molecular flexibility index (Phi) is 4.77. The van der Waals surface area contributed by atoms with Gasteiger partial charge in [-0.3, -0.25) is 9.69 Å². The van der Waals surface area contributed by atoms with Crippen molar-refractivity contribution in [2.45, 2.75) is 6.42 Å². The zero-order chi connectivity index (χ0) is 20.8. The smallest absolute Gasteiger partial charge is 0.268 e. The number of benzene rings is 2. The Bertz CT molecular complexity index is 1210. The van der Waals surface area contributed by atoms with Crippen LogP contribution in [0.3, 0.4) is 0 Å². The third-order valence-electron chi connectivity index (χ3n) is 4.87. The van der Waals surface area contributed by atoms with Crippen LogP contribution in [0.4, 0.5) is 17.3 Å². The summed E-state index contributed by atoms with van der Waals surface area (Å²) >= 11 is 18.8. The molecule has 1 aliphatic heterocycles. The molecule has 2 aliphatic rings. The van der Waals surface area contributed by atoms with E-state index in [4.69, 9.17) is 39.5 Å². The highest BCUT2D eigenvalue weighted by Crippen LogP contribution is 2.37. The van der Waals surface area contributed by atoms with Gasteiger partial charge >= 0.3 is 0 Å². The SMILES string of the molecule is O=C1c2cnc(Nc3cc(Cl)c4c(c3)C=CC4)nc2OCN1c1c(Cl)cccc1Cl. The number of fused-ring (bicyclic) bond motifs is 2. The fraction of sp³-hybridized carbons (Fsp3) is 0.0952. The Morgan fingerprint density at radius 3 is 2.70 bits per heavy atom. The third kappa shape index (κ3) is 3.27. The molecule has 30 heavy (non-hydrogen) atoms. The second-order valence-corrected chi connectivity index (χ2v) is 7.97. The van der Waals surface area contributed by atoms with Gasteiger partial charge in [0, 0.05) is 16.9 Å². The van der Waals surface area contributed by atoms with E-state index in [2.05, 4.69) is 21.4 Å². The summed E-state index contributed by atoms with van der Waals surface area (Å²) in [6, 6.07) is 8.82. The predicted molar refractivity (Wildman–Crippen MR) is 118 cm³/mol. The number of carbonyl (C=O) groups is 1. The molecule has 0 radical (unpaired) electrons. The van der Waals surface area contributed by atoms with Crippen molar-refractivity contribution in [1.29, 1.82) is 0 Å². The molecule has 6 nitrogen and oxygen atoms in total. The molecule has 0 atom stereocenters. The molecule has 150 valence electrons. The molecule has 3 aromatic rings. The lowest BCUT2D eigenvalue weighted by Gasteiger charge is -2.29. The molecule has 5 rings (SSSR count). The molecule has 2 heterocycles. The molecule has 0 saturated heterocycles. The van der Waals surface area contributed by atoms with Crippen LogP contribution in [0.25, 0.3) is 6.08 Å². The van der Waals surface area contributed by atoms with Crippen molar-refractivity contribution in [2.24, 2.45) is 0 Å². The monoisotopic (exact) mass is 458 g/mol. The molecule has 0 bridgehead atoms. The number of hydrogen-bond donors (Lipinski definition) is 1. The minimum Gasteiger partial charge on any atom is -0.455 e. The van der Waals surface area contributed by atoms with E-state index in [-0.39, 0.29) is 24.1 Å². The standard InChI is InChI=1S/C21H13Cl3N4O2/c22-15-5-2-6-16(23)18(15)28-10-30-19-14(20(28)29)9-25-21(27-19)26-12-7-11-3-1-4-13(11)17(24)8-12/h1-3,5-9H,4,10H2,(H,25,26,27). The van der Waals surface area contributed by atoms with E-state index in [0.29, 0.717) is 26.7 Å². The van der Waals surface area contributed by atoms with Crippen molar-refractivity contribution in [1.82, 2.24) is 9.97 Å². The Morgan fingerprint density at radius 2 is 1.90 bits per heavy atom. The Balaban J connectivity index is 1.43. The first kappa shape index (κ1) is 19.2. The Morgan fingerprint density at radius 1 is 1.10 bits per heavy atom. The molecular weight excluding hydrogens is 447 g/mol. The van der Waals surface area contributed by atoms with Gasteiger partial charge in [-0.1, -0.05) is 53.0 Å². The van der Waals surface area contributed by atoms with Crippen molar-refractivity contribution in [3.05, 3.63) is 74.4 Å². The van der Waals surface area contributed by atoms with Crippen LogP contribution in [0.5, 0.6) is 5.88 Å². The van der Waals surface area contributed by atoms with Crippen LogP contribution in [-0.4, -0.2) is 22.6 Å². The van der Waals surface area contributed by atoms with Crippen molar-refractivity contribution in [3.63, 3.8) is 0 Å². The highest BCUT2D eigenvalue weighted by molar-refractivity contribution is 6.40. The summed E-state index contributed by atoms with van der Waals surface area (Å²) < 4.78 is 5.71. The maximum absolute atomic E-state index is 13.0. The number of para-hydroxylation sites is 1. The van der Waals surface area contributed by atoms with E-state index in [1.165, 1.54) is 11.1 Å². The highest BCUT2D eigenvalue weighted by Gasteiger charge is 2.31. The van der Waals surface area contributed by atoms with Gasteiger partial charge in [0.15, 0.2) is 6.73 Å². The lowest BCUT2D eigenvalue weighted by Crippen LogP contribution is -2.39. The maximum atomic E-state index is 13.0. The first-order chi connectivity index (χ1) is 14.5. The second-order valence-electron chi connectivity index (χ2n) is 6.75. The number of ether oxygens (including phenoxy) is 1. The molecule has 0 spiro atoms. The summed E-state index contributed by atoms with van der Waals surface area (Å²) in [5.74, 6) is 0.136. The number of nitrogens with zero attached hydrogens (tertiary/aromatic N) is 3. The fourth-order valence-electron chi connectivity index (χ4n) is 3.45. The quantitative estimate of drug-likeness (QED) is 0.540. The number of hydrogen-bond acceptors (Lipinski definition) is 5. The molecule has 0 unspecified atom stereocenters. The van der Waals surface area contributed by atoms with Crippen molar-refractivity contribution < 1.29 is 9.53 Å². The largest absolute Gasteiger partial charge is 0.455 e. The molecule has 0 saturated carbocycles. The minimum absolute atomic E-state index is 0.0682. The van der Waals surface area contributed by atoms with E-state index in [1.54, 1.807) is 18.2 Å². The van der Waals surface area contributed by atoms with Crippen LogP contribution in [-0.2, 0) is 6.42 Å². The van der Waals surface area contributed by atoms with Gasteiger partial charge < -0.3 is 10.1 Å². The summed E-state index contributed by atoms with van der Waals surface area (Å²) in [6.07, 6.45) is 6.33. The number of carbonyl (C=O) groups excluding carboxylic acids is 1. The third-order valence-corrected chi connectivity index (χ3v) is 5.82. The molecule has 2 aromatic carbocycles. The van der Waals surface area contributed by atoms with Crippen molar-refractivity contribution in [3.8, 4) is 5.88 Å². The fourth-order valence-corrected chi connectivity index (χ4v) is 4.36. The average Bonchev–Trinajstić information content (AvgIpc) is 3.19. The van der Waals surface area contributed by atoms with Crippen LogP contribution in [0.1, 0.15) is 21.5 Å². The van der Waals surface area contributed by atoms with Crippen LogP contribution in [0, 0.1) is 0 Å². The van der Waals surface area contributed by atoms with E-state index >= 15 is 0 Å². The van der Waals surface area contributed by atoms with E-state index in [9.17, 15) is 4.79 Å². The number of amides is 1. The lowest BCUT2D eigenvalue weighted by molar-refractivity contribution is 0.0932. The van der Waals surface area contributed by atoms with Gasteiger partial charge in [0.05, 0.1) is 15.7 Å². The summed E-state index contributed by atoms with van der Waals surface area (Å²) in [5, 5.41) is 4.49. The molecule has 1 N–H and O–H groups in total. The zero-order valence-electron chi connectivity index (χ0n) is 15.3. The second kappa shape index (κ2) is 7.47. The highest BCUT2D eigenvalue weighted by atomic mass is 35.5.